The van der Waals surface area contributed by atoms with Crippen LogP contribution in [0.4, 0.5) is 0 Å². The molecule has 200 valence electrons. The van der Waals surface area contributed by atoms with Gasteiger partial charge in [-0.05, 0) is 95.1 Å². The maximum absolute atomic E-state index is 13.6. The Balaban J connectivity index is 1.50. The van der Waals surface area contributed by atoms with Gasteiger partial charge in [0.15, 0.2) is 0 Å². The number of carbonyl (C=O) groups is 1. The summed E-state index contributed by atoms with van der Waals surface area (Å²) < 4.78 is 0. The van der Waals surface area contributed by atoms with Crippen LogP contribution in [-0.4, -0.2) is 48.4 Å². The third-order valence-electron chi connectivity index (χ3n) is 9.87. The molecule has 0 N–H and O–H groups in total. The van der Waals surface area contributed by atoms with Crippen molar-refractivity contribution >= 4 is 5.91 Å². The van der Waals surface area contributed by atoms with Crippen LogP contribution in [0.1, 0.15) is 128 Å². The van der Waals surface area contributed by atoms with E-state index in [9.17, 15) is 4.79 Å². The SMILES string of the molecule is O=C1[C@@H]2CCCCCCCCCCN3CC[C@@H]4[C@@H](CCCCCC/C=C\CCCCN1C[C@@H]4C2)C3. The molecule has 1 amide bonds. The van der Waals surface area contributed by atoms with E-state index < -0.39 is 0 Å². The zero-order valence-corrected chi connectivity index (χ0v) is 22.9. The van der Waals surface area contributed by atoms with Crippen molar-refractivity contribution in [3.63, 3.8) is 0 Å². The zero-order valence-electron chi connectivity index (χ0n) is 22.9. The van der Waals surface area contributed by atoms with Crippen LogP contribution in [0.25, 0.3) is 0 Å². The van der Waals surface area contributed by atoms with Gasteiger partial charge < -0.3 is 9.80 Å². The number of rotatable bonds is 0. The third-order valence-corrected chi connectivity index (χ3v) is 9.87. The second kappa shape index (κ2) is 15.4. The number of piperidine rings is 2. The summed E-state index contributed by atoms with van der Waals surface area (Å²) in [5.74, 6) is 3.27. The highest BCUT2D eigenvalue weighted by Crippen LogP contribution is 2.41. The Hall–Kier alpha value is -0.830. The van der Waals surface area contributed by atoms with E-state index in [2.05, 4.69) is 22.0 Å². The lowest BCUT2D eigenvalue weighted by molar-refractivity contribution is -0.142. The highest BCUT2D eigenvalue weighted by Gasteiger charge is 2.41. The van der Waals surface area contributed by atoms with Gasteiger partial charge in [-0.1, -0.05) is 76.4 Å². The van der Waals surface area contributed by atoms with Crippen molar-refractivity contribution in [2.45, 2.75) is 128 Å². The van der Waals surface area contributed by atoms with E-state index >= 15 is 0 Å². The lowest BCUT2D eigenvalue weighted by atomic mass is 9.69. The van der Waals surface area contributed by atoms with Crippen molar-refractivity contribution in [3.05, 3.63) is 12.2 Å². The number of amides is 1. The van der Waals surface area contributed by atoms with E-state index in [1.54, 1.807) is 0 Å². The van der Waals surface area contributed by atoms with Gasteiger partial charge in [0, 0.05) is 25.6 Å². The minimum Gasteiger partial charge on any atom is -0.342 e. The summed E-state index contributed by atoms with van der Waals surface area (Å²) >= 11 is 0. The lowest BCUT2D eigenvalue weighted by Crippen LogP contribution is -2.51. The molecule has 35 heavy (non-hydrogen) atoms. The van der Waals surface area contributed by atoms with Crippen LogP contribution in [0.2, 0.25) is 0 Å². The summed E-state index contributed by atoms with van der Waals surface area (Å²) in [5, 5.41) is 0. The van der Waals surface area contributed by atoms with Crippen LogP contribution < -0.4 is 0 Å². The normalized spacial score (nSPS) is 36.5. The van der Waals surface area contributed by atoms with E-state index in [0.29, 0.717) is 11.8 Å². The van der Waals surface area contributed by atoms with E-state index in [-0.39, 0.29) is 0 Å². The molecule has 0 spiro atoms. The highest BCUT2D eigenvalue weighted by atomic mass is 16.2. The summed E-state index contributed by atoms with van der Waals surface area (Å²) in [6, 6.07) is 0. The summed E-state index contributed by atoms with van der Waals surface area (Å²) in [5.41, 5.74) is 0. The van der Waals surface area contributed by atoms with Gasteiger partial charge in [0.25, 0.3) is 0 Å². The van der Waals surface area contributed by atoms with E-state index in [4.69, 9.17) is 0 Å². The topological polar surface area (TPSA) is 23.6 Å². The minimum atomic E-state index is 0.310. The number of carbonyl (C=O) groups excluding carboxylic acids is 1. The Morgan fingerprint density at radius 1 is 0.571 bits per heavy atom. The summed E-state index contributed by atoms with van der Waals surface area (Å²) in [7, 11) is 0. The molecule has 1 unspecified atom stereocenters. The monoisotopic (exact) mass is 484 g/mol. The van der Waals surface area contributed by atoms with Gasteiger partial charge >= 0.3 is 0 Å². The third kappa shape index (κ3) is 8.90. The largest absolute Gasteiger partial charge is 0.342 e. The highest BCUT2D eigenvalue weighted by molar-refractivity contribution is 5.79. The van der Waals surface area contributed by atoms with Gasteiger partial charge in [-0.25, -0.2) is 0 Å². The number of nitrogens with zero attached hydrogens (tertiary/aromatic N) is 2. The van der Waals surface area contributed by atoms with Gasteiger partial charge in [-0.3, -0.25) is 4.79 Å². The summed E-state index contributed by atoms with van der Waals surface area (Å²) in [6.07, 6.45) is 31.5. The first-order valence-corrected chi connectivity index (χ1v) is 16.0. The first-order chi connectivity index (χ1) is 17.3. The second-order valence-corrected chi connectivity index (χ2v) is 12.6. The van der Waals surface area contributed by atoms with Crippen LogP contribution in [-0.2, 0) is 4.79 Å². The number of hydrogen-bond acceptors (Lipinski definition) is 2. The Labute approximate surface area is 217 Å². The Morgan fingerprint density at radius 3 is 2.00 bits per heavy atom. The van der Waals surface area contributed by atoms with Gasteiger partial charge in [0.05, 0.1) is 0 Å². The fourth-order valence-corrected chi connectivity index (χ4v) is 7.79. The molecule has 0 aromatic heterocycles. The Kier molecular flexibility index (Phi) is 12.0. The molecule has 5 heterocycles. The van der Waals surface area contributed by atoms with Crippen LogP contribution in [0.3, 0.4) is 0 Å². The summed E-state index contributed by atoms with van der Waals surface area (Å²) in [4.78, 5) is 18.7. The Bertz CT molecular complexity index is 631. The average Bonchev–Trinajstić information content (AvgIpc) is 2.87. The molecular formula is C32H56N2O. The molecule has 4 fully saturated rings. The quantitative estimate of drug-likeness (QED) is 0.325. The van der Waals surface area contributed by atoms with Gasteiger partial charge in [0.2, 0.25) is 5.91 Å². The molecule has 5 aliphatic heterocycles. The van der Waals surface area contributed by atoms with Gasteiger partial charge in [0.1, 0.15) is 0 Å². The van der Waals surface area contributed by atoms with E-state index in [1.807, 2.05) is 0 Å². The van der Waals surface area contributed by atoms with Crippen molar-refractivity contribution in [1.29, 1.82) is 0 Å². The molecule has 0 aromatic carbocycles. The van der Waals surface area contributed by atoms with Gasteiger partial charge in [-0.2, -0.15) is 0 Å². The molecule has 5 aliphatic rings. The van der Waals surface area contributed by atoms with Crippen LogP contribution in [0, 0.1) is 23.7 Å². The van der Waals surface area contributed by atoms with Gasteiger partial charge in [-0.15, -0.1) is 0 Å². The molecule has 3 heteroatoms. The number of hydrogen-bond donors (Lipinski definition) is 0. The standard InChI is InChI=1S/C32H56N2O/c35-32-28-19-15-11-7-4-6-9-13-17-22-33-24-21-31-29(26-33)20-16-12-8-3-1-2-5-10-14-18-23-34(32)27-30(31)25-28/h2,5,28-31H,1,3-4,6-27H2/b5-2-/t28-,29+,30+,31-/m1/s1. The van der Waals surface area contributed by atoms with E-state index in [1.165, 1.54) is 142 Å². The van der Waals surface area contributed by atoms with Crippen LogP contribution in [0.5, 0.6) is 0 Å². The predicted molar refractivity (Wildman–Crippen MR) is 148 cm³/mol. The molecule has 0 saturated carbocycles. The van der Waals surface area contributed by atoms with Crippen molar-refractivity contribution in [2.24, 2.45) is 23.7 Å². The molecule has 3 nitrogen and oxygen atoms in total. The molecule has 5 atom stereocenters. The van der Waals surface area contributed by atoms with Crippen LogP contribution in [0.15, 0.2) is 12.2 Å². The predicted octanol–water partition coefficient (Wildman–Crippen LogP) is 7.99. The molecular weight excluding hydrogens is 428 g/mol. The fraction of sp³-hybridized carbons (Fsp3) is 0.906. The molecule has 0 aromatic rings. The molecule has 6 bridgehead atoms. The van der Waals surface area contributed by atoms with Crippen LogP contribution >= 0.6 is 0 Å². The second-order valence-electron chi connectivity index (χ2n) is 12.6. The van der Waals surface area contributed by atoms with E-state index in [0.717, 1.165) is 37.3 Å². The number of allylic oxidation sites excluding steroid dienone is 2. The minimum absolute atomic E-state index is 0.310. The lowest BCUT2D eigenvalue weighted by Gasteiger charge is -2.47. The fourth-order valence-electron chi connectivity index (χ4n) is 7.79. The average molecular weight is 485 g/mol. The molecule has 4 saturated heterocycles. The molecule has 0 aliphatic carbocycles. The molecule has 0 radical (unpaired) electrons. The first kappa shape index (κ1) is 27.2. The Morgan fingerprint density at radius 2 is 1.20 bits per heavy atom. The van der Waals surface area contributed by atoms with Crippen molar-refractivity contribution in [3.8, 4) is 0 Å². The summed E-state index contributed by atoms with van der Waals surface area (Å²) in [6.45, 7) is 6.04. The maximum atomic E-state index is 13.6. The zero-order chi connectivity index (χ0) is 24.1. The van der Waals surface area contributed by atoms with Crippen molar-refractivity contribution in [2.75, 3.05) is 32.7 Å². The van der Waals surface area contributed by atoms with Crippen molar-refractivity contribution in [1.82, 2.24) is 9.80 Å². The number of fused-ring (bicyclic) bond motifs is 11. The maximum Gasteiger partial charge on any atom is 0.225 e. The molecule has 5 rings (SSSR count). The smallest absolute Gasteiger partial charge is 0.225 e. The first-order valence-electron chi connectivity index (χ1n) is 16.0. The van der Waals surface area contributed by atoms with Crippen molar-refractivity contribution < 1.29 is 4.79 Å².